The highest BCUT2D eigenvalue weighted by atomic mass is 16.5. The van der Waals surface area contributed by atoms with Crippen molar-refractivity contribution in [1.82, 2.24) is 5.32 Å². The molecule has 4 heteroatoms. The summed E-state index contributed by atoms with van der Waals surface area (Å²) in [7, 11) is 1.60. The first-order chi connectivity index (χ1) is 10.0. The summed E-state index contributed by atoms with van der Waals surface area (Å²) < 4.78 is 5.27. The Morgan fingerprint density at radius 3 is 2.67 bits per heavy atom. The van der Waals surface area contributed by atoms with Crippen molar-refractivity contribution in [2.75, 3.05) is 12.8 Å². The van der Waals surface area contributed by atoms with Gasteiger partial charge in [-0.25, -0.2) is 0 Å². The van der Waals surface area contributed by atoms with E-state index in [0.29, 0.717) is 23.5 Å². The molecule has 110 valence electrons. The zero-order valence-corrected chi connectivity index (χ0v) is 12.6. The predicted octanol–water partition coefficient (Wildman–Crippen LogP) is 2.82. The highest BCUT2D eigenvalue weighted by Crippen LogP contribution is 2.21. The van der Waals surface area contributed by atoms with Gasteiger partial charge >= 0.3 is 0 Å². The average Bonchev–Trinajstić information content (AvgIpc) is 2.47. The van der Waals surface area contributed by atoms with Gasteiger partial charge in [-0.1, -0.05) is 17.7 Å². The van der Waals surface area contributed by atoms with Crippen LogP contribution in [0.25, 0.3) is 0 Å². The minimum Gasteiger partial charge on any atom is -0.496 e. The zero-order valence-electron chi connectivity index (χ0n) is 12.6. The first-order valence-corrected chi connectivity index (χ1v) is 6.79. The second kappa shape index (κ2) is 6.31. The van der Waals surface area contributed by atoms with Crippen molar-refractivity contribution in [1.29, 1.82) is 0 Å². The number of amides is 1. The van der Waals surface area contributed by atoms with Gasteiger partial charge in [0.25, 0.3) is 5.91 Å². The van der Waals surface area contributed by atoms with E-state index in [1.807, 2.05) is 38.1 Å². The van der Waals surface area contributed by atoms with E-state index in [-0.39, 0.29) is 5.91 Å². The molecule has 0 aliphatic carbocycles. The van der Waals surface area contributed by atoms with Gasteiger partial charge < -0.3 is 15.8 Å². The van der Waals surface area contributed by atoms with Gasteiger partial charge in [-0.05, 0) is 43.7 Å². The molecule has 0 saturated heterocycles. The lowest BCUT2D eigenvalue weighted by atomic mass is 10.0. The Morgan fingerprint density at radius 2 is 1.95 bits per heavy atom. The lowest BCUT2D eigenvalue weighted by Gasteiger charge is -2.12. The number of aryl methyl sites for hydroxylation is 2. The van der Waals surface area contributed by atoms with E-state index in [1.54, 1.807) is 19.2 Å². The summed E-state index contributed by atoms with van der Waals surface area (Å²) in [6.07, 6.45) is 0. The van der Waals surface area contributed by atoms with Gasteiger partial charge in [-0.3, -0.25) is 4.79 Å². The Labute approximate surface area is 124 Å². The van der Waals surface area contributed by atoms with Crippen LogP contribution in [-0.2, 0) is 6.54 Å². The number of nitrogens with two attached hydrogens (primary N) is 1. The van der Waals surface area contributed by atoms with Gasteiger partial charge in [0.05, 0.1) is 7.11 Å². The number of nitrogen functional groups attached to an aromatic ring is 1. The molecular weight excluding hydrogens is 264 g/mol. The molecule has 2 aromatic rings. The molecule has 3 N–H and O–H groups in total. The van der Waals surface area contributed by atoms with Crippen molar-refractivity contribution in [2.45, 2.75) is 20.4 Å². The average molecular weight is 284 g/mol. The molecule has 0 aliphatic rings. The van der Waals surface area contributed by atoms with Crippen LogP contribution in [0.2, 0.25) is 0 Å². The van der Waals surface area contributed by atoms with E-state index in [4.69, 9.17) is 10.5 Å². The highest BCUT2D eigenvalue weighted by Gasteiger charge is 2.10. The predicted molar refractivity (Wildman–Crippen MR) is 84.5 cm³/mol. The van der Waals surface area contributed by atoms with Gasteiger partial charge in [0.1, 0.15) is 5.75 Å². The largest absolute Gasteiger partial charge is 0.496 e. The number of nitrogens with one attached hydrogen (secondary N) is 1. The van der Waals surface area contributed by atoms with Crippen LogP contribution in [-0.4, -0.2) is 13.0 Å². The summed E-state index contributed by atoms with van der Waals surface area (Å²) >= 11 is 0. The molecule has 2 aromatic carbocycles. The first kappa shape index (κ1) is 14.9. The molecule has 0 atom stereocenters. The molecule has 0 unspecified atom stereocenters. The SMILES string of the molecule is COc1ccc(N)cc1CNC(=O)c1cc(C)ccc1C. The zero-order chi connectivity index (χ0) is 15.4. The fraction of sp³-hybridized carbons (Fsp3) is 0.235. The third-order valence-corrected chi connectivity index (χ3v) is 3.38. The second-order valence-corrected chi connectivity index (χ2v) is 5.07. The maximum atomic E-state index is 12.3. The second-order valence-electron chi connectivity index (χ2n) is 5.07. The van der Waals surface area contributed by atoms with Crippen molar-refractivity contribution in [3.63, 3.8) is 0 Å². The van der Waals surface area contributed by atoms with Crippen molar-refractivity contribution in [2.24, 2.45) is 0 Å². The lowest BCUT2D eigenvalue weighted by Crippen LogP contribution is -2.24. The number of rotatable bonds is 4. The van der Waals surface area contributed by atoms with E-state index in [0.717, 1.165) is 16.7 Å². The van der Waals surface area contributed by atoms with Crippen LogP contribution in [0.1, 0.15) is 27.0 Å². The van der Waals surface area contributed by atoms with Gasteiger partial charge in [0.2, 0.25) is 0 Å². The van der Waals surface area contributed by atoms with Gasteiger partial charge in [0.15, 0.2) is 0 Å². The van der Waals surface area contributed by atoms with Crippen LogP contribution in [0.3, 0.4) is 0 Å². The maximum Gasteiger partial charge on any atom is 0.251 e. The fourth-order valence-electron chi connectivity index (χ4n) is 2.19. The first-order valence-electron chi connectivity index (χ1n) is 6.79. The number of anilines is 1. The topological polar surface area (TPSA) is 64.3 Å². The molecule has 21 heavy (non-hydrogen) atoms. The molecule has 4 nitrogen and oxygen atoms in total. The molecule has 1 amide bonds. The van der Waals surface area contributed by atoms with Crippen LogP contribution < -0.4 is 15.8 Å². The third kappa shape index (κ3) is 3.54. The number of carbonyl (C=O) groups excluding carboxylic acids is 1. The maximum absolute atomic E-state index is 12.3. The number of ether oxygens (including phenoxy) is 1. The quantitative estimate of drug-likeness (QED) is 0.849. The Morgan fingerprint density at radius 1 is 1.19 bits per heavy atom. The van der Waals surface area contributed by atoms with Crippen molar-refractivity contribution in [3.8, 4) is 5.75 Å². The molecule has 0 fully saturated rings. The summed E-state index contributed by atoms with van der Waals surface area (Å²) in [6.45, 7) is 4.27. The fourth-order valence-corrected chi connectivity index (χ4v) is 2.19. The van der Waals surface area contributed by atoms with Gasteiger partial charge in [0, 0.05) is 23.4 Å². The lowest BCUT2D eigenvalue weighted by molar-refractivity contribution is 0.0950. The van der Waals surface area contributed by atoms with E-state index < -0.39 is 0 Å². The highest BCUT2D eigenvalue weighted by molar-refractivity contribution is 5.95. The van der Waals surface area contributed by atoms with Crippen LogP contribution >= 0.6 is 0 Å². The molecule has 0 heterocycles. The molecular formula is C17H20N2O2. The van der Waals surface area contributed by atoms with Crippen molar-refractivity contribution in [3.05, 3.63) is 58.7 Å². The minimum absolute atomic E-state index is 0.0966. The number of carbonyl (C=O) groups is 1. The Balaban J connectivity index is 2.14. The van der Waals surface area contributed by atoms with Crippen LogP contribution in [0.5, 0.6) is 5.75 Å². The molecule has 0 spiro atoms. The van der Waals surface area contributed by atoms with Gasteiger partial charge in [-0.15, -0.1) is 0 Å². The molecule has 2 rings (SSSR count). The Hall–Kier alpha value is -2.49. The summed E-state index contributed by atoms with van der Waals surface area (Å²) in [5.74, 6) is 0.617. The molecule has 0 saturated carbocycles. The summed E-state index contributed by atoms with van der Waals surface area (Å²) in [5, 5.41) is 2.91. The Bertz CT molecular complexity index is 666. The van der Waals surface area contributed by atoms with Crippen LogP contribution in [0.15, 0.2) is 36.4 Å². The third-order valence-electron chi connectivity index (χ3n) is 3.38. The normalized spacial score (nSPS) is 10.2. The Kier molecular flexibility index (Phi) is 4.48. The van der Waals surface area contributed by atoms with Crippen LogP contribution in [0, 0.1) is 13.8 Å². The minimum atomic E-state index is -0.0966. The van der Waals surface area contributed by atoms with Crippen LogP contribution in [0.4, 0.5) is 5.69 Å². The number of benzene rings is 2. The molecule has 0 radical (unpaired) electrons. The van der Waals surface area contributed by atoms with E-state index in [9.17, 15) is 4.79 Å². The molecule has 0 aromatic heterocycles. The van der Waals surface area contributed by atoms with Crippen molar-refractivity contribution < 1.29 is 9.53 Å². The molecule has 0 aliphatic heterocycles. The number of hydrogen-bond donors (Lipinski definition) is 2. The molecule has 0 bridgehead atoms. The standard InChI is InChI=1S/C17H20N2O2/c1-11-4-5-12(2)15(8-11)17(20)19-10-13-9-14(18)6-7-16(13)21-3/h4-9H,10,18H2,1-3H3,(H,19,20). The van der Waals surface area contributed by atoms with Crippen molar-refractivity contribution >= 4 is 11.6 Å². The van der Waals surface area contributed by atoms with E-state index >= 15 is 0 Å². The number of methoxy groups -OCH3 is 1. The number of hydrogen-bond acceptors (Lipinski definition) is 3. The summed E-state index contributed by atoms with van der Waals surface area (Å²) in [6, 6.07) is 11.2. The summed E-state index contributed by atoms with van der Waals surface area (Å²) in [5.41, 5.74) is 9.99. The summed E-state index contributed by atoms with van der Waals surface area (Å²) in [4.78, 5) is 12.3. The van der Waals surface area contributed by atoms with E-state index in [1.165, 1.54) is 0 Å². The smallest absolute Gasteiger partial charge is 0.251 e. The monoisotopic (exact) mass is 284 g/mol. The van der Waals surface area contributed by atoms with Gasteiger partial charge in [-0.2, -0.15) is 0 Å². The van der Waals surface area contributed by atoms with E-state index in [2.05, 4.69) is 5.32 Å².